The Kier molecular flexibility index (Phi) is 3.58. The highest BCUT2D eigenvalue weighted by atomic mass is 35.5. The first-order valence-electron chi connectivity index (χ1n) is 7.36. The molecule has 0 radical (unpaired) electrons. The topological polar surface area (TPSA) is 90.7 Å². The lowest BCUT2D eigenvalue weighted by molar-refractivity contribution is 0.0690. The molecule has 0 bridgehead atoms. The first kappa shape index (κ1) is 15.5. The minimum Gasteiger partial charge on any atom is -0.476 e. The summed E-state index contributed by atoms with van der Waals surface area (Å²) in [5, 5.41) is 14.4. The predicted molar refractivity (Wildman–Crippen MR) is 89.6 cm³/mol. The van der Waals surface area contributed by atoms with Crippen LogP contribution in [0.1, 0.15) is 16.1 Å². The molecule has 1 aromatic heterocycles. The molecule has 0 spiro atoms. The minimum absolute atomic E-state index is 0.0559. The minimum atomic E-state index is -1.20. The molecule has 1 N–H and O–H groups in total. The zero-order chi connectivity index (χ0) is 17.6. The SMILES string of the molecule is O=C(O)c1nn(Cc2cc(Cl)c3c(c2)OCO3)c(=O)c2ccccc12. The second-order valence-corrected chi connectivity index (χ2v) is 5.88. The summed E-state index contributed by atoms with van der Waals surface area (Å²) >= 11 is 6.15. The number of rotatable bonds is 3. The first-order valence-corrected chi connectivity index (χ1v) is 7.73. The highest BCUT2D eigenvalue weighted by Crippen LogP contribution is 2.39. The fourth-order valence-electron chi connectivity index (χ4n) is 2.79. The van der Waals surface area contributed by atoms with Crippen LogP contribution in [0.15, 0.2) is 41.2 Å². The van der Waals surface area contributed by atoms with E-state index in [1.165, 1.54) is 0 Å². The average molecular weight is 359 g/mol. The van der Waals surface area contributed by atoms with Crippen molar-refractivity contribution in [1.29, 1.82) is 0 Å². The van der Waals surface area contributed by atoms with Gasteiger partial charge in [0.25, 0.3) is 5.56 Å². The van der Waals surface area contributed by atoms with Crippen LogP contribution in [0.25, 0.3) is 10.8 Å². The maximum Gasteiger partial charge on any atom is 0.357 e. The van der Waals surface area contributed by atoms with Gasteiger partial charge in [-0.05, 0) is 23.8 Å². The van der Waals surface area contributed by atoms with Gasteiger partial charge in [-0.1, -0.05) is 29.8 Å². The van der Waals surface area contributed by atoms with E-state index in [4.69, 9.17) is 21.1 Å². The highest BCUT2D eigenvalue weighted by Gasteiger charge is 2.20. The van der Waals surface area contributed by atoms with Gasteiger partial charge in [0, 0.05) is 5.39 Å². The van der Waals surface area contributed by atoms with Crippen molar-refractivity contribution in [3.8, 4) is 11.5 Å². The molecule has 1 aliphatic rings. The van der Waals surface area contributed by atoms with Gasteiger partial charge < -0.3 is 14.6 Å². The van der Waals surface area contributed by atoms with Crippen molar-refractivity contribution in [2.45, 2.75) is 6.54 Å². The number of ether oxygens (including phenoxy) is 2. The monoisotopic (exact) mass is 358 g/mol. The lowest BCUT2D eigenvalue weighted by Crippen LogP contribution is -2.26. The second-order valence-electron chi connectivity index (χ2n) is 5.47. The molecule has 2 aromatic carbocycles. The summed E-state index contributed by atoms with van der Waals surface area (Å²) in [5.41, 5.74) is 0.0897. The van der Waals surface area contributed by atoms with Crippen LogP contribution in [0, 0.1) is 0 Å². The Balaban J connectivity index is 1.85. The summed E-state index contributed by atoms with van der Waals surface area (Å²) in [7, 11) is 0. The van der Waals surface area contributed by atoms with Gasteiger partial charge in [-0.25, -0.2) is 9.48 Å². The van der Waals surface area contributed by atoms with Gasteiger partial charge in [0.05, 0.1) is 17.0 Å². The number of hydrogen-bond acceptors (Lipinski definition) is 5. The smallest absolute Gasteiger partial charge is 0.357 e. The zero-order valence-corrected chi connectivity index (χ0v) is 13.5. The molecule has 0 unspecified atom stereocenters. The third-order valence-corrected chi connectivity index (χ3v) is 4.17. The van der Waals surface area contributed by atoms with E-state index < -0.39 is 5.97 Å². The van der Waals surface area contributed by atoms with Crippen molar-refractivity contribution in [2.24, 2.45) is 0 Å². The highest BCUT2D eigenvalue weighted by molar-refractivity contribution is 6.32. The standard InChI is InChI=1S/C17H11ClN2O5/c18-12-5-9(6-13-15(12)25-8-24-13)7-20-16(21)11-4-2-1-3-10(11)14(19-20)17(22)23/h1-6H,7-8H2,(H,22,23). The molecule has 1 aliphatic heterocycles. The molecule has 0 fully saturated rings. The third kappa shape index (κ3) is 2.58. The van der Waals surface area contributed by atoms with Crippen LogP contribution in [-0.2, 0) is 6.54 Å². The van der Waals surface area contributed by atoms with E-state index in [9.17, 15) is 14.7 Å². The van der Waals surface area contributed by atoms with E-state index in [1.807, 2.05) is 0 Å². The van der Waals surface area contributed by atoms with E-state index >= 15 is 0 Å². The number of benzene rings is 2. The van der Waals surface area contributed by atoms with Gasteiger partial charge in [-0.3, -0.25) is 4.79 Å². The molecule has 3 aromatic rings. The van der Waals surface area contributed by atoms with Crippen LogP contribution in [0.3, 0.4) is 0 Å². The Labute approximate surface area is 146 Å². The van der Waals surface area contributed by atoms with Crippen molar-refractivity contribution in [1.82, 2.24) is 9.78 Å². The van der Waals surface area contributed by atoms with Crippen molar-refractivity contribution in [3.63, 3.8) is 0 Å². The lowest BCUT2D eigenvalue weighted by atomic mass is 10.1. The van der Waals surface area contributed by atoms with Gasteiger partial charge in [0.15, 0.2) is 17.2 Å². The largest absolute Gasteiger partial charge is 0.476 e. The first-order chi connectivity index (χ1) is 12.0. The van der Waals surface area contributed by atoms with Crippen molar-refractivity contribution in [3.05, 3.63) is 63.0 Å². The summed E-state index contributed by atoms with van der Waals surface area (Å²) in [6.07, 6.45) is 0. The van der Waals surface area contributed by atoms with Crippen LogP contribution in [0.2, 0.25) is 5.02 Å². The normalized spacial score (nSPS) is 12.5. The molecule has 0 saturated carbocycles. The number of aromatic carboxylic acids is 1. The molecule has 2 heterocycles. The summed E-state index contributed by atoms with van der Waals surface area (Å²) in [5.74, 6) is -0.265. The Morgan fingerprint density at radius 2 is 2.00 bits per heavy atom. The Morgan fingerprint density at radius 3 is 2.76 bits per heavy atom. The molecule has 8 heteroatoms. The van der Waals surface area contributed by atoms with Crippen molar-refractivity contribution >= 4 is 28.3 Å². The Hall–Kier alpha value is -3.06. The summed E-state index contributed by atoms with van der Waals surface area (Å²) in [6, 6.07) is 9.82. The lowest BCUT2D eigenvalue weighted by Gasteiger charge is -2.10. The van der Waals surface area contributed by atoms with Gasteiger partial charge in [-0.2, -0.15) is 5.10 Å². The summed E-state index contributed by atoms with van der Waals surface area (Å²) < 4.78 is 11.7. The molecule has 0 saturated heterocycles. The number of fused-ring (bicyclic) bond motifs is 2. The quantitative estimate of drug-likeness (QED) is 0.773. The second kappa shape index (κ2) is 5.78. The molecule has 7 nitrogen and oxygen atoms in total. The van der Waals surface area contributed by atoms with Gasteiger partial charge in [0.1, 0.15) is 0 Å². The number of hydrogen-bond donors (Lipinski definition) is 1. The average Bonchev–Trinajstić information content (AvgIpc) is 3.06. The fraction of sp³-hybridized carbons (Fsp3) is 0.118. The number of nitrogens with zero attached hydrogens (tertiary/aromatic N) is 2. The maximum atomic E-state index is 12.6. The molecule has 25 heavy (non-hydrogen) atoms. The molecule has 0 amide bonds. The number of carboxylic acid groups (broad SMARTS) is 1. The van der Waals surface area contributed by atoms with Crippen molar-refractivity contribution in [2.75, 3.05) is 6.79 Å². The molecular weight excluding hydrogens is 348 g/mol. The van der Waals surface area contributed by atoms with Crippen LogP contribution in [0.5, 0.6) is 11.5 Å². The van der Waals surface area contributed by atoms with Crippen molar-refractivity contribution < 1.29 is 19.4 Å². The molecule has 126 valence electrons. The van der Waals surface area contributed by atoms with E-state index in [0.717, 1.165) is 4.68 Å². The Bertz CT molecular complexity index is 1080. The van der Waals surface area contributed by atoms with E-state index in [0.29, 0.717) is 32.9 Å². The number of aromatic nitrogens is 2. The number of halogens is 1. The predicted octanol–water partition coefficient (Wildman–Crippen LogP) is 2.53. The summed E-state index contributed by atoms with van der Waals surface area (Å²) in [4.78, 5) is 24.1. The molecule has 4 rings (SSSR count). The Morgan fingerprint density at radius 1 is 1.24 bits per heavy atom. The number of carbonyl (C=O) groups is 1. The number of carboxylic acids is 1. The van der Waals surface area contributed by atoms with Crippen LogP contribution in [0.4, 0.5) is 0 Å². The van der Waals surface area contributed by atoms with E-state index in [1.54, 1.807) is 36.4 Å². The van der Waals surface area contributed by atoms with E-state index in [-0.39, 0.29) is 24.6 Å². The molecular formula is C17H11ClN2O5. The van der Waals surface area contributed by atoms with Crippen LogP contribution in [-0.4, -0.2) is 27.6 Å². The molecule has 0 aliphatic carbocycles. The zero-order valence-electron chi connectivity index (χ0n) is 12.7. The fourth-order valence-corrected chi connectivity index (χ4v) is 3.07. The third-order valence-electron chi connectivity index (χ3n) is 3.89. The van der Waals surface area contributed by atoms with Gasteiger partial charge >= 0.3 is 5.97 Å². The van der Waals surface area contributed by atoms with Gasteiger partial charge in [0.2, 0.25) is 6.79 Å². The van der Waals surface area contributed by atoms with Crippen LogP contribution >= 0.6 is 11.6 Å². The van der Waals surface area contributed by atoms with E-state index in [2.05, 4.69) is 5.10 Å². The van der Waals surface area contributed by atoms with Crippen LogP contribution < -0.4 is 15.0 Å². The maximum absolute atomic E-state index is 12.6. The summed E-state index contributed by atoms with van der Waals surface area (Å²) in [6.45, 7) is 0.135. The molecule has 0 atom stereocenters. The van der Waals surface area contributed by atoms with Gasteiger partial charge in [-0.15, -0.1) is 0 Å².